The van der Waals surface area contributed by atoms with Crippen molar-refractivity contribution in [1.29, 1.82) is 0 Å². The van der Waals surface area contributed by atoms with Crippen molar-refractivity contribution in [2.45, 2.75) is 50.8 Å². The van der Waals surface area contributed by atoms with Crippen LogP contribution in [0.4, 0.5) is 0 Å². The predicted molar refractivity (Wildman–Crippen MR) is 82.3 cm³/mol. The number of carbonyl (C=O) groups is 1. The molecule has 1 fully saturated rings. The molecule has 0 aromatic carbocycles. The maximum Gasteiger partial charge on any atom is 0.242 e. The predicted octanol–water partition coefficient (Wildman–Crippen LogP) is 0.466. The molecule has 0 saturated carbocycles. The summed E-state index contributed by atoms with van der Waals surface area (Å²) >= 11 is 0. The van der Waals surface area contributed by atoms with Crippen LogP contribution in [0.15, 0.2) is 0 Å². The molecule has 1 saturated heterocycles. The first-order chi connectivity index (χ1) is 8.74. The Hall–Kier alpha value is -0.370. The van der Waals surface area contributed by atoms with Crippen LogP contribution in [0.5, 0.6) is 0 Å². The molecule has 20 heavy (non-hydrogen) atoms. The number of nitrogens with one attached hydrogen (secondary N) is 1. The number of nitrogens with zero attached hydrogens (tertiary/aromatic N) is 1. The van der Waals surface area contributed by atoms with Crippen LogP contribution in [0, 0.1) is 0 Å². The van der Waals surface area contributed by atoms with E-state index in [0.717, 1.165) is 6.42 Å². The van der Waals surface area contributed by atoms with Gasteiger partial charge in [0.15, 0.2) is 0 Å². The molecule has 1 rings (SSSR count). The Balaban J connectivity index is 0.00000361. The van der Waals surface area contributed by atoms with E-state index < -0.39 is 20.8 Å². The molecule has 1 heterocycles. The summed E-state index contributed by atoms with van der Waals surface area (Å²) in [7, 11) is -3.32. The van der Waals surface area contributed by atoms with Gasteiger partial charge in [-0.15, -0.1) is 12.4 Å². The van der Waals surface area contributed by atoms with Gasteiger partial charge in [0.25, 0.3) is 0 Å². The summed E-state index contributed by atoms with van der Waals surface area (Å²) < 4.78 is 26.3. The molecule has 0 bridgehead atoms. The quantitative estimate of drug-likeness (QED) is 0.741. The SMILES string of the molecule is CCCC(C)(N)C(=O)N1CCC(S(=O)(=O)NCC)C1.Cl. The average Bonchev–Trinajstić information content (AvgIpc) is 2.77. The van der Waals surface area contributed by atoms with E-state index >= 15 is 0 Å². The number of halogens is 1. The molecule has 1 amide bonds. The number of hydrogen-bond acceptors (Lipinski definition) is 4. The maximum atomic E-state index is 12.3. The van der Waals surface area contributed by atoms with Crippen molar-refractivity contribution in [2.24, 2.45) is 5.73 Å². The Labute approximate surface area is 127 Å². The first-order valence-corrected chi connectivity index (χ1v) is 8.36. The minimum absolute atomic E-state index is 0. The number of amides is 1. The Morgan fingerprint density at radius 1 is 1.45 bits per heavy atom. The Morgan fingerprint density at radius 2 is 2.05 bits per heavy atom. The number of likely N-dealkylation sites (tertiary alicyclic amines) is 1. The zero-order chi connectivity index (χ0) is 14.7. The van der Waals surface area contributed by atoms with Gasteiger partial charge < -0.3 is 10.6 Å². The third-order valence-corrected chi connectivity index (χ3v) is 5.43. The molecule has 1 aliphatic rings. The second kappa shape index (κ2) is 7.59. The number of nitrogens with two attached hydrogens (primary N) is 1. The maximum absolute atomic E-state index is 12.3. The first kappa shape index (κ1) is 19.6. The van der Waals surface area contributed by atoms with E-state index in [1.54, 1.807) is 18.7 Å². The summed E-state index contributed by atoms with van der Waals surface area (Å²) in [6.07, 6.45) is 1.90. The van der Waals surface area contributed by atoms with Crippen LogP contribution in [0.25, 0.3) is 0 Å². The zero-order valence-corrected chi connectivity index (χ0v) is 14.0. The van der Waals surface area contributed by atoms with Gasteiger partial charge in [-0.2, -0.15) is 0 Å². The number of sulfonamides is 1. The monoisotopic (exact) mass is 327 g/mol. The summed E-state index contributed by atoms with van der Waals surface area (Å²) in [5.41, 5.74) is 5.11. The van der Waals surface area contributed by atoms with Crippen LogP contribution in [0.3, 0.4) is 0 Å². The largest absolute Gasteiger partial charge is 0.340 e. The number of rotatable bonds is 6. The van der Waals surface area contributed by atoms with Crippen LogP contribution < -0.4 is 10.5 Å². The molecule has 0 spiro atoms. The average molecular weight is 328 g/mol. The lowest BCUT2D eigenvalue weighted by Gasteiger charge is -2.28. The van der Waals surface area contributed by atoms with Gasteiger partial charge in [0.05, 0.1) is 10.8 Å². The molecule has 8 heteroatoms. The molecule has 3 N–H and O–H groups in total. The summed E-state index contributed by atoms with van der Waals surface area (Å²) in [4.78, 5) is 13.9. The van der Waals surface area contributed by atoms with Crippen molar-refractivity contribution in [2.75, 3.05) is 19.6 Å². The molecule has 0 aliphatic carbocycles. The summed E-state index contributed by atoms with van der Waals surface area (Å²) in [6.45, 7) is 6.51. The number of hydrogen-bond donors (Lipinski definition) is 2. The van der Waals surface area contributed by atoms with Crippen LogP contribution >= 0.6 is 12.4 Å². The lowest BCUT2D eigenvalue weighted by molar-refractivity contribution is -0.135. The van der Waals surface area contributed by atoms with Crippen LogP contribution in [-0.2, 0) is 14.8 Å². The molecule has 2 atom stereocenters. The fourth-order valence-corrected chi connectivity index (χ4v) is 3.90. The van der Waals surface area contributed by atoms with E-state index in [-0.39, 0.29) is 24.9 Å². The van der Waals surface area contributed by atoms with Gasteiger partial charge in [-0.1, -0.05) is 20.3 Å². The highest BCUT2D eigenvalue weighted by atomic mass is 35.5. The Kier molecular flexibility index (Phi) is 7.44. The first-order valence-electron chi connectivity index (χ1n) is 6.81. The van der Waals surface area contributed by atoms with E-state index in [9.17, 15) is 13.2 Å². The minimum atomic E-state index is -3.32. The van der Waals surface area contributed by atoms with Gasteiger partial charge >= 0.3 is 0 Å². The highest BCUT2D eigenvalue weighted by molar-refractivity contribution is 7.90. The van der Waals surface area contributed by atoms with E-state index in [4.69, 9.17) is 5.73 Å². The van der Waals surface area contributed by atoms with Gasteiger partial charge in [-0.25, -0.2) is 13.1 Å². The second-order valence-electron chi connectivity index (χ2n) is 5.37. The molecule has 0 aromatic rings. The molecule has 0 radical (unpaired) electrons. The lowest BCUT2D eigenvalue weighted by Crippen LogP contribution is -2.53. The normalized spacial score (nSPS) is 22.2. The van der Waals surface area contributed by atoms with E-state index in [0.29, 0.717) is 25.9 Å². The molecule has 2 unspecified atom stereocenters. The van der Waals surface area contributed by atoms with Crippen LogP contribution in [0.2, 0.25) is 0 Å². The van der Waals surface area contributed by atoms with Gasteiger partial charge in [-0.05, 0) is 19.8 Å². The highest BCUT2D eigenvalue weighted by Gasteiger charge is 2.39. The summed E-state index contributed by atoms with van der Waals surface area (Å²) in [5, 5.41) is -0.520. The van der Waals surface area contributed by atoms with Crippen molar-refractivity contribution in [3.8, 4) is 0 Å². The third kappa shape index (κ3) is 4.58. The van der Waals surface area contributed by atoms with Gasteiger partial charge in [0.2, 0.25) is 15.9 Å². The highest BCUT2D eigenvalue weighted by Crippen LogP contribution is 2.21. The summed E-state index contributed by atoms with van der Waals surface area (Å²) in [5.74, 6) is -0.149. The van der Waals surface area contributed by atoms with E-state index in [2.05, 4.69) is 4.72 Å². The molecule has 1 aliphatic heterocycles. The van der Waals surface area contributed by atoms with Crippen molar-refractivity contribution >= 4 is 28.3 Å². The standard InChI is InChI=1S/C12H25N3O3S.ClH/c1-4-7-12(3,13)11(16)15-8-6-10(9-15)19(17,18)14-5-2;/h10,14H,4-9,13H2,1-3H3;1H. The zero-order valence-electron chi connectivity index (χ0n) is 12.4. The summed E-state index contributed by atoms with van der Waals surface area (Å²) in [6, 6.07) is 0. The fraction of sp³-hybridized carbons (Fsp3) is 0.917. The molecular formula is C12H26ClN3O3S. The van der Waals surface area contributed by atoms with Crippen LogP contribution in [0.1, 0.15) is 40.0 Å². The molecular weight excluding hydrogens is 302 g/mol. The molecule has 0 aromatic heterocycles. The third-order valence-electron chi connectivity index (χ3n) is 3.47. The van der Waals surface area contributed by atoms with Crippen molar-refractivity contribution in [1.82, 2.24) is 9.62 Å². The fourth-order valence-electron chi connectivity index (χ4n) is 2.47. The lowest BCUT2D eigenvalue weighted by atomic mass is 9.96. The second-order valence-corrected chi connectivity index (χ2v) is 7.42. The van der Waals surface area contributed by atoms with E-state index in [1.807, 2.05) is 6.92 Å². The van der Waals surface area contributed by atoms with Crippen molar-refractivity contribution < 1.29 is 13.2 Å². The topological polar surface area (TPSA) is 92.5 Å². The van der Waals surface area contributed by atoms with E-state index in [1.165, 1.54) is 0 Å². The van der Waals surface area contributed by atoms with Crippen molar-refractivity contribution in [3.63, 3.8) is 0 Å². The van der Waals surface area contributed by atoms with Gasteiger partial charge in [0.1, 0.15) is 0 Å². The Bertz CT molecular complexity index is 426. The number of carbonyl (C=O) groups excluding carboxylic acids is 1. The Morgan fingerprint density at radius 3 is 2.55 bits per heavy atom. The molecule has 120 valence electrons. The smallest absolute Gasteiger partial charge is 0.242 e. The van der Waals surface area contributed by atoms with Crippen molar-refractivity contribution in [3.05, 3.63) is 0 Å². The van der Waals surface area contributed by atoms with Gasteiger partial charge in [-0.3, -0.25) is 4.79 Å². The minimum Gasteiger partial charge on any atom is -0.340 e. The molecule has 6 nitrogen and oxygen atoms in total. The van der Waals surface area contributed by atoms with Gasteiger partial charge in [0, 0.05) is 19.6 Å². The van der Waals surface area contributed by atoms with Crippen LogP contribution in [-0.4, -0.2) is 49.6 Å².